The van der Waals surface area contributed by atoms with Crippen molar-refractivity contribution >= 4 is 35.3 Å². The number of para-hydroxylation sites is 1. The molecule has 0 unspecified atom stereocenters. The summed E-state index contributed by atoms with van der Waals surface area (Å²) in [5.41, 5.74) is 1.29. The van der Waals surface area contributed by atoms with E-state index in [2.05, 4.69) is 5.32 Å². The molecule has 1 N–H and O–H groups in total. The molecule has 4 amide bonds. The number of nitrogens with zero attached hydrogens (tertiary/aromatic N) is 2. The van der Waals surface area contributed by atoms with Gasteiger partial charge in [0.2, 0.25) is 5.91 Å². The van der Waals surface area contributed by atoms with Crippen LogP contribution in [-0.4, -0.2) is 35.0 Å². The van der Waals surface area contributed by atoms with Gasteiger partial charge in [0.05, 0.1) is 11.7 Å². The van der Waals surface area contributed by atoms with Gasteiger partial charge >= 0.3 is 6.03 Å². The van der Waals surface area contributed by atoms with Crippen molar-refractivity contribution in [1.82, 2.24) is 10.2 Å². The lowest BCUT2D eigenvalue weighted by atomic mass is 9.92. The maximum atomic E-state index is 13.7. The summed E-state index contributed by atoms with van der Waals surface area (Å²) < 4.78 is 0. The number of amides is 4. The highest BCUT2D eigenvalue weighted by Gasteiger charge is 2.50. The molecule has 1 fully saturated rings. The van der Waals surface area contributed by atoms with Gasteiger partial charge in [0.1, 0.15) is 12.1 Å². The number of anilines is 1. The van der Waals surface area contributed by atoms with E-state index in [0.717, 1.165) is 21.0 Å². The van der Waals surface area contributed by atoms with E-state index >= 15 is 0 Å². The molecule has 0 bridgehead atoms. The molecule has 7 heteroatoms. The lowest BCUT2D eigenvalue weighted by Gasteiger charge is -2.37. The third-order valence-electron chi connectivity index (χ3n) is 6.21. The first-order chi connectivity index (χ1) is 16.0. The van der Waals surface area contributed by atoms with Crippen molar-refractivity contribution in [2.45, 2.75) is 23.4 Å². The summed E-state index contributed by atoms with van der Waals surface area (Å²) in [5, 5.41) is 2.78. The van der Waals surface area contributed by atoms with Gasteiger partial charge in [0.25, 0.3) is 5.91 Å². The van der Waals surface area contributed by atoms with Crippen molar-refractivity contribution in [3.63, 3.8) is 0 Å². The van der Waals surface area contributed by atoms with Gasteiger partial charge in [-0.2, -0.15) is 0 Å². The minimum absolute atomic E-state index is 0.195. The summed E-state index contributed by atoms with van der Waals surface area (Å²) in [7, 11) is 0. The van der Waals surface area contributed by atoms with Gasteiger partial charge in [-0.3, -0.25) is 14.5 Å². The van der Waals surface area contributed by atoms with E-state index in [1.165, 1.54) is 0 Å². The zero-order valence-electron chi connectivity index (χ0n) is 18.1. The number of imide groups is 1. The van der Waals surface area contributed by atoms with Crippen molar-refractivity contribution in [3.05, 3.63) is 96.1 Å². The summed E-state index contributed by atoms with van der Waals surface area (Å²) in [6.45, 7) is 1.35. The fraction of sp³-hybridized carbons (Fsp3) is 0.192. The molecule has 2 atom stereocenters. The number of urea groups is 1. The molecule has 0 aliphatic carbocycles. The Morgan fingerprint density at radius 2 is 1.61 bits per heavy atom. The van der Waals surface area contributed by atoms with Gasteiger partial charge in [0, 0.05) is 10.6 Å². The topological polar surface area (TPSA) is 69.7 Å². The van der Waals surface area contributed by atoms with E-state index in [4.69, 9.17) is 0 Å². The Kier molecular flexibility index (Phi) is 5.42. The standard InChI is InChI=1S/C26H23N3O3S/c1-26(19-12-6-3-7-13-19)24(31)28(25(32)27-26)16-23(30)29-20-14-8-9-15-22(20)33-17-21(29)18-10-4-2-5-11-18/h2-15,21H,16-17H2,1H3,(H,27,32)/t21-,26+/m1/s1. The Labute approximate surface area is 196 Å². The minimum atomic E-state index is -1.20. The molecule has 5 rings (SSSR count). The molecule has 166 valence electrons. The number of nitrogens with one attached hydrogen (secondary N) is 1. The normalized spacial score (nSPS) is 22.2. The smallest absolute Gasteiger partial charge is 0.319 e. The average molecular weight is 458 g/mol. The molecule has 0 radical (unpaired) electrons. The van der Waals surface area contributed by atoms with Gasteiger partial charge in [0.15, 0.2) is 0 Å². The van der Waals surface area contributed by atoms with Crippen molar-refractivity contribution in [3.8, 4) is 0 Å². The second-order valence-corrected chi connectivity index (χ2v) is 9.34. The highest BCUT2D eigenvalue weighted by Crippen LogP contribution is 2.43. The fourth-order valence-corrected chi connectivity index (χ4v) is 5.61. The van der Waals surface area contributed by atoms with Crippen LogP contribution >= 0.6 is 11.8 Å². The third-order valence-corrected chi connectivity index (χ3v) is 7.34. The number of benzene rings is 3. The van der Waals surface area contributed by atoms with Crippen LogP contribution in [0.4, 0.5) is 10.5 Å². The summed E-state index contributed by atoms with van der Waals surface area (Å²) in [6, 6.07) is 25.9. The van der Waals surface area contributed by atoms with Gasteiger partial charge in [-0.15, -0.1) is 11.8 Å². The second kappa shape index (κ2) is 8.41. The van der Waals surface area contributed by atoms with Crippen LogP contribution in [0.25, 0.3) is 0 Å². The maximum Gasteiger partial charge on any atom is 0.325 e. The van der Waals surface area contributed by atoms with Crippen LogP contribution < -0.4 is 10.2 Å². The molecule has 0 spiro atoms. The molecule has 33 heavy (non-hydrogen) atoms. The Hall–Kier alpha value is -3.58. The highest BCUT2D eigenvalue weighted by molar-refractivity contribution is 7.99. The number of rotatable bonds is 4. The zero-order chi connectivity index (χ0) is 23.0. The number of fused-ring (bicyclic) bond motifs is 1. The largest absolute Gasteiger partial charge is 0.325 e. The van der Waals surface area contributed by atoms with Crippen LogP contribution in [0.1, 0.15) is 24.1 Å². The highest BCUT2D eigenvalue weighted by atomic mass is 32.2. The van der Waals surface area contributed by atoms with Crippen molar-refractivity contribution < 1.29 is 14.4 Å². The van der Waals surface area contributed by atoms with E-state index in [1.54, 1.807) is 35.7 Å². The van der Waals surface area contributed by atoms with E-state index < -0.39 is 17.5 Å². The number of carbonyl (C=O) groups excluding carboxylic acids is 3. The third kappa shape index (κ3) is 3.68. The lowest BCUT2D eigenvalue weighted by Crippen LogP contribution is -2.47. The first kappa shape index (κ1) is 21.3. The quantitative estimate of drug-likeness (QED) is 0.592. The molecule has 2 aliphatic rings. The molecule has 0 saturated carbocycles. The number of hydrogen-bond acceptors (Lipinski definition) is 4. The Bertz CT molecular complexity index is 1220. The van der Waals surface area contributed by atoms with Crippen molar-refractivity contribution in [1.29, 1.82) is 0 Å². The number of thioether (sulfide) groups is 1. The van der Waals surface area contributed by atoms with Gasteiger partial charge in [-0.25, -0.2) is 4.79 Å². The maximum absolute atomic E-state index is 13.7. The van der Waals surface area contributed by atoms with Gasteiger partial charge in [-0.1, -0.05) is 72.8 Å². The first-order valence-corrected chi connectivity index (χ1v) is 11.8. The molecule has 1 saturated heterocycles. The first-order valence-electron chi connectivity index (χ1n) is 10.8. The predicted octanol–water partition coefficient (Wildman–Crippen LogP) is 4.33. The molecule has 3 aromatic rings. The monoisotopic (exact) mass is 457 g/mol. The fourth-order valence-electron chi connectivity index (χ4n) is 4.44. The molecule has 6 nitrogen and oxygen atoms in total. The van der Waals surface area contributed by atoms with Crippen LogP contribution in [0.5, 0.6) is 0 Å². The summed E-state index contributed by atoms with van der Waals surface area (Å²) >= 11 is 1.70. The van der Waals surface area contributed by atoms with E-state index in [9.17, 15) is 14.4 Å². The van der Waals surface area contributed by atoms with Gasteiger partial charge < -0.3 is 10.2 Å². The molecular formula is C26H23N3O3S. The summed E-state index contributed by atoms with van der Waals surface area (Å²) in [4.78, 5) is 43.6. The van der Waals surface area contributed by atoms with Gasteiger partial charge in [-0.05, 0) is 30.2 Å². The van der Waals surface area contributed by atoms with Crippen LogP contribution in [0.3, 0.4) is 0 Å². The molecule has 2 aliphatic heterocycles. The van der Waals surface area contributed by atoms with Crippen LogP contribution in [-0.2, 0) is 15.1 Å². The molecular weight excluding hydrogens is 434 g/mol. The van der Waals surface area contributed by atoms with Crippen LogP contribution in [0.15, 0.2) is 89.8 Å². The summed E-state index contributed by atoms with van der Waals surface area (Å²) in [6.07, 6.45) is 0. The molecule has 0 aromatic heterocycles. The van der Waals surface area contributed by atoms with Crippen LogP contribution in [0.2, 0.25) is 0 Å². The Morgan fingerprint density at radius 1 is 0.970 bits per heavy atom. The van der Waals surface area contributed by atoms with E-state index in [-0.39, 0.29) is 18.5 Å². The predicted molar refractivity (Wildman–Crippen MR) is 128 cm³/mol. The Morgan fingerprint density at radius 3 is 2.33 bits per heavy atom. The number of carbonyl (C=O) groups is 3. The van der Waals surface area contributed by atoms with E-state index in [0.29, 0.717) is 11.3 Å². The average Bonchev–Trinajstić information content (AvgIpc) is 3.08. The van der Waals surface area contributed by atoms with E-state index in [1.807, 2.05) is 72.8 Å². The van der Waals surface area contributed by atoms with Crippen molar-refractivity contribution in [2.24, 2.45) is 0 Å². The zero-order valence-corrected chi connectivity index (χ0v) is 18.9. The number of hydrogen-bond donors (Lipinski definition) is 1. The SMILES string of the molecule is C[C@@]1(c2ccccc2)NC(=O)N(CC(=O)N2c3ccccc3SC[C@@H]2c2ccccc2)C1=O. The molecule has 3 aromatic carbocycles. The van der Waals surface area contributed by atoms with Crippen LogP contribution in [0, 0.1) is 0 Å². The molecule has 2 heterocycles. The second-order valence-electron chi connectivity index (χ2n) is 8.28. The lowest BCUT2D eigenvalue weighted by molar-refractivity contribution is -0.134. The summed E-state index contributed by atoms with van der Waals surface area (Å²) in [5.74, 6) is -0.0327. The van der Waals surface area contributed by atoms with Crippen molar-refractivity contribution in [2.75, 3.05) is 17.2 Å². The minimum Gasteiger partial charge on any atom is -0.319 e. The Balaban J connectivity index is 1.46.